The van der Waals surface area contributed by atoms with Crippen molar-refractivity contribution in [2.75, 3.05) is 6.61 Å². The third-order valence-corrected chi connectivity index (χ3v) is 2.97. The van der Waals surface area contributed by atoms with Gasteiger partial charge in [0.2, 0.25) is 5.76 Å². The summed E-state index contributed by atoms with van der Waals surface area (Å²) in [7, 11) is 0. The maximum atomic E-state index is 12.2. The zero-order valence-electron chi connectivity index (χ0n) is 10.9. The second kappa shape index (κ2) is 4.76. The Hall–Kier alpha value is -2.30. The number of phenolic OH excluding ortho intramolecular Hbond substituents is 1. The second-order valence-electron chi connectivity index (χ2n) is 4.19. The van der Waals surface area contributed by atoms with E-state index < -0.39 is 5.97 Å². The van der Waals surface area contributed by atoms with Crippen LogP contribution in [0.5, 0.6) is 5.75 Å². The molecule has 1 aromatic carbocycles. The molecular weight excluding hydrogens is 248 g/mol. The molecule has 19 heavy (non-hydrogen) atoms. The number of benzene rings is 1. The first-order valence-corrected chi connectivity index (χ1v) is 5.90. The van der Waals surface area contributed by atoms with Gasteiger partial charge in [-0.15, -0.1) is 0 Å². The average molecular weight is 262 g/mol. The Balaban J connectivity index is 2.82. The van der Waals surface area contributed by atoms with Crippen LogP contribution >= 0.6 is 0 Å². The van der Waals surface area contributed by atoms with Gasteiger partial charge in [0, 0.05) is 11.1 Å². The smallest absolute Gasteiger partial charge is 0.374 e. The van der Waals surface area contributed by atoms with Crippen LogP contribution in [-0.2, 0) is 4.74 Å². The van der Waals surface area contributed by atoms with Gasteiger partial charge < -0.3 is 14.3 Å². The van der Waals surface area contributed by atoms with Gasteiger partial charge in [0.25, 0.3) is 0 Å². The van der Waals surface area contributed by atoms with Crippen molar-refractivity contribution < 1.29 is 19.1 Å². The van der Waals surface area contributed by atoms with Crippen LogP contribution in [0.4, 0.5) is 0 Å². The predicted octanol–water partition coefficient (Wildman–Crippen LogP) is 2.29. The summed E-state index contributed by atoms with van der Waals surface area (Å²) in [6.45, 7) is 4.99. The molecule has 0 bridgehead atoms. The van der Waals surface area contributed by atoms with E-state index >= 15 is 0 Å². The lowest BCUT2D eigenvalue weighted by molar-refractivity contribution is 0.0489. The van der Waals surface area contributed by atoms with Crippen LogP contribution in [0.3, 0.4) is 0 Å². The molecule has 0 aliphatic rings. The Kier molecular flexibility index (Phi) is 3.29. The Labute approximate surface area is 109 Å². The van der Waals surface area contributed by atoms with Crippen molar-refractivity contribution in [1.29, 1.82) is 0 Å². The largest absolute Gasteiger partial charge is 0.508 e. The molecule has 1 heterocycles. The van der Waals surface area contributed by atoms with E-state index in [1.54, 1.807) is 13.8 Å². The number of hydrogen-bond acceptors (Lipinski definition) is 5. The van der Waals surface area contributed by atoms with Crippen LogP contribution < -0.4 is 5.43 Å². The average Bonchev–Trinajstić information content (AvgIpc) is 2.38. The molecule has 5 heteroatoms. The Morgan fingerprint density at radius 2 is 2.00 bits per heavy atom. The SMILES string of the molecule is CCOC(=O)c1oc2c(C)c(O)ccc2c(=O)c1C. The van der Waals surface area contributed by atoms with Gasteiger partial charge in [-0.3, -0.25) is 4.79 Å². The lowest BCUT2D eigenvalue weighted by Gasteiger charge is -2.08. The molecule has 1 aromatic heterocycles. The zero-order chi connectivity index (χ0) is 14.2. The number of carbonyl (C=O) groups is 1. The van der Waals surface area contributed by atoms with Crippen molar-refractivity contribution in [3.05, 3.63) is 39.2 Å². The summed E-state index contributed by atoms with van der Waals surface area (Å²) in [5, 5.41) is 9.97. The van der Waals surface area contributed by atoms with Gasteiger partial charge in [0.15, 0.2) is 5.43 Å². The van der Waals surface area contributed by atoms with Crippen molar-refractivity contribution in [3.8, 4) is 5.75 Å². The predicted molar refractivity (Wildman–Crippen MR) is 69.6 cm³/mol. The molecule has 0 saturated heterocycles. The van der Waals surface area contributed by atoms with Gasteiger partial charge >= 0.3 is 5.97 Å². The molecule has 0 amide bonds. The molecule has 1 N–H and O–H groups in total. The lowest BCUT2D eigenvalue weighted by atomic mass is 10.1. The van der Waals surface area contributed by atoms with Crippen LogP contribution in [0, 0.1) is 13.8 Å². The molecule has 0 unspecified atom stereocenters. The summed E-state index contributed by atoms with van der Waals surface area (Å²) in [6, 6.07) is 2.91. The van der Waals surface area contributed by atoms with Crippen molar-refractivity contribution in [2.24, 2.45) is 0 Å². The number of fused-ring (bicyclic) bond motifs is 1. The van der Waals surface area contributed by atoms with E-state index in [1.807, 2.05) is 0 Å². The molecule has 0 atom stereocenters. The first kappa shape index (κ1) is 13.1. The lowest BCUT2D eigenvalue weighted by Crippen LogP contribution is -2.15. The summed E-state index contributed by atoms with van der Waals surface area (Å²) in [5.41, 5.74) is 0.530. The Morgan fingerprint density at radius 1 is 1.32 bits per heavy atom. The van der Waals surface area contributed by atoms with E-state index in [-0.39, 0.29) is 34.7 Å². The van der Waals surface area contributed by atoms with Crippen molar-refractivity contribution in [2.45, 2.75) is 20.8 Å². The van der Waals surface area contributed by atoms with Gasteiger partial charge in [-0.1, -0.05) is 0 Å². The maximum Gasteiger partial charge on any atom is 0.374 e. The van der Waals surface area contributed by atoms with Crippen LogP contribution in [0.15, 0.2) is 21.3 Å². The van der Waals surface area contributed by atoms with E-state index in [0.717, 1.165) is 0 Å². The topological polar surface area (TPSA) is 76.7 Å². The van der Waals surface area contributed by atoms with Gasteiger partial charge in [0.1, 0.15) is 11.3 Å². The van der Waals surface area contributed by atoms with Gasteiger partial charge in [-0.2, -0.15) is 0 Å². The molecule has 0 radical (unpaired) electrons. The summed E-state index contributed by atoms with van der Waals surface area (Å²) >= 11 is 0. The molecule has 2 aromatic rings. The van der Waals surface area contributed by atoms with Gasteiger partial charge in [0.05, 0.1) is 12.0 Å². The number of aryl methyl sites for hydroxylation is 1. The molecule has 0 fully saturated rings. The molecule has 0 saturated carbocycles. The zero-order valence-corrected chi connectivity index (χ0v) is 10.9. The number of aromatic hydroxyl groups is 1. The number of rotatable bonds is 2. The highest BCUT2D eigenvalue weighted by Gasteiger charge is 2.20. The minimum Gasteiger partial charge on any atom is -0.508 e. The minimum atomic E-state index is -0.679. The molecule has 5 nitrogen and oxygen atoms in total. The van der Waals surface area contributed by atoms with Crippen molar-refractivity contribution in [3.63, 3.8) is 0 Å². The van der Waals surface area contributed by atoms with E-state index in [9.17, 15) is 14.7 Å². The van der Waals surface area contributed by atoms with Crippen LogP contribution in [0.1, 0.15) is 28.6 Å². The van der Waals surface area contributed by atoms with E-state index in [1.165, 1.54) is 19.1 Å². The maximum absolute atomic E-state index is 12.2. The highest BCUT2D eigenvalue weighted by molar-refractivity contribution is 5.91. The minimum absolute atomic E-state index is 0.00862. The Morgan fingerprint density at radius 3 is 2.63 bits per heavy atom. The second-order valence-corrected chi connectivity index (χ2v) is 4.19. The molecule has 2 rings (SSSR count). The molecular formula is C14H14O5. The third-order valence-electron chi connectivity index (χ3n) is 2.97. The summed E-state index contributed by atoms with van der Waals surface area (Å²) in [4.78, 5) is 23.9. The monoisotopic (exact) mass is 262 g/mol. The number of phenols is 1. The van der Waals surface area contributed by atoms with Crippen LogP contribution in [0.2, 0.25) is 0 Å². The fraction of sp³-hybridized carbons (Fsp3) is 0.286. The Bertz CT molecular complexity index is 712. The number of carbonyl (C=O) groups excluding carboxylic acids is 1. The summed E-state index contributed by atoms with van der Waals surface area (Å²) in [5.74, 6) is -0.788. The number of ether oxygens (including phenoxy) is 1. The van der Waals surface area contributed by atoms with Crippen molar-refractivity contribution in [1.82, 2.24) is 0 Å². The molecule has 0 aliphatic heterocycles. The van der Waals surface area contributed by atoms with Crippen LogP contribution in [0.25, 0.3) is 11.0 Å². The van der Waals surface area contributed by atoms with Gasteiger partial charge in [-0.05, 0) is 32.9 Å². The molecule has 0 spiro atoms. The summed E-state index contributed by atoms with van der Waals surface area (Å²) < 4.78 is 10.3. The third kappa shape index (κ3) is 2.07. The molecule has 0 aliphatic carbocycles. The number of hydrogen-bond donors (Lipinski definition) is 1. The fourth-order valence-electron chi connectivity index (χ4n) is 1.87. The standard InChI is InChI=1S/C14H14O5/c1-4-18-14(17)13-8(3)11(16)9-5-6-10(15)7(2)12(9)19-13/h5-6,15H,4H2,1-3H3. The highest BCUT2D eigenvalue weighted by atomic mass is 16.5. The van der Waals surface area contributed by atoms with Crippen LogP contribution in [-0.4, -0.2) is 17.7 Å². The van der Waals surface area contributed by atoms with E-state index in [0.29, 0.717) is 10.9 Å². The van der Waals surface area contributed by atoms with E-state index in [4.69, 9.17) is 9.15 Å². The van der Waals surface area contributed by atoms with Crippen molar-refractivity contribution >= 4 is 16.9 Å². The highest BCUT2D eigenvalue weighted by Crippen LogP contribution is 2.26. The normalized spacial score (nSPS) is 10.7. The van der Waals surface area contributed by atoms with Gasteiger partial charge in [-0.25, -0.2) is 4.79 Å². The fourth-order valence-corrected chi connectivity index (χ4v) is 1.87. The first-order chi connectivity index (χ1) is 8.97. The quantitative estimate of drug-likeness (QED) is 0.840. The number of esters is 1. The van der Waals surface area contributed by atoms with E-state index in [2.05, 4.69) is 0 Å². The molecule has 100 valence electrons. The first-order valence-electron chi connectivity index (χ1n) is 5.90. The summed E-state index contributed by atoms with van der Waals surface area (Å²) in [6.07, 6.45) is 0.